The first-order valence-electron chi connectivity index (χ1n) is 5.62. The second kappa shape index (κ2) is 4.59. The van der Waals surface area contributed by atoms with Gasteiger partial charge in [0, 0.05) is 17.1 Å². The Morgan fingerprint density at radius 3 is 2.58 bits per heavy atom. The third-order valence-electron chi connectivity index (χ3n) is 2.85. The Hall–Kier alpha value is -2.01. The van der Waals surface area contributed by atoms with E-state index in [9.17, 15) is 4.39 Å². The van der Waals surface area contributed by atoms with Crippen molar-refractivity contribution in [2.45, 2.75) is 0 Å². The molecular formula is C14H9BrFN3. The summed E-state index contributed by atoms with van der Waals surface area (Å²) in [4.78, 5) is 8.67. The van der Waals surface area contributed by atoms with E-state index in [1.807, 2.05) is 12.1 Å². The molecule has 2 aromatic heterocycles. The van der Waals surface area contributed by atoms with E-state index in [4.69, 9.17) is 5.73 Å². The zero-order chi connectivity index (χ0) is 13.4. The van der Waals surface area contributed by atoms with Crippen LogP contribution in [0.2, 0.25) is 0 Å². The molecule has 0 spiro atoms. The van der Waals surface area contributed by atoms with Gasteiger partial charge in [-0.25, -0.2) is 9.37 Å². The second-order valence-corrected chi connectivity index (χ2v) is 4.86. The van der Waals surface area contributed by atoms with E-state index in [0.29, 0.717) is 11.5 Å². The molecular weight excluding hydrogens is 309 g/mol. The van der Waals surface area contributed by atoms with Crippen molar-refractivity contribution in [3.63, 3.8) is 0 Å². The van der Waals surface area contributed by atoms with Gasteiger partial charge < -0.3 is 5.73 Å². The van der Waals surface area contributed by atoms with Crippen molar-refractivity contribution < 1.29 is 4.39 Å². The largest absolute Gasteiger partial charge is 0.383 e. The summed E-state index contributed by atoms with van der Waals surface area (Å²) < 4.78 is 13.7. The van der Waals surface area contributed by atoms with Gasteiger partial charge in [0.05, 0.1) is 15.7 Å². The van der Waals surface area contributed by atoms with Gasteiger partial charge in [0.2, 0.25) is 0 Å². The van der Waals surface area contributed by atoms with Gasteiger partial charge in [-0.3, -0.25) is 4.98 Å². The average molecular weight is 318 g/mol. The molecule has 0 radical (unpaired) electrons. The maximum absolute atomic E-state index is 13.0. The topological polar surface area (TPSA) is 51.8 Å². The van der Waals surface area contributed by atoms with Crippen LogP contribution in [0.4, 0.5) is 10.2 Å². The van der Waals surface area contributed by atoms with E-state index in [2.05, 4.69) is 25.9 Å². The van der Waals surface area contributed by atoms with Crippen LogP contribution in [0.15, 0.2) is 47.1 Å². The summed E-state index contributed by atoms with van der Waals surface area (Å²) in [5.74, 6) is 0.123. The van der Waals surface area contributed by atoms with Crippen LogP contribution in [0.1, 0.15) is 0 Å². The van der Waals surface area contributed by atoms with Gasteiger partial charge in [0.25, 0.3) is 0 Å². The Labute approximate surface area is 117 Å². The highest BCUT2D eigenvalue weighted by atomic mass is 79.9. The number of hydrogen-bond acceptors (Lipinski definition) is 3. The number of nitrogens with zero attached hydrogens (tertiary/aromatic N) is 2. The van der Waals surface area contributed by atoms with Gasteiger partial charge in [0.15, 0.2) is 0 Å². The fourth-order valence-corrected chi connectivity index (χ4v) is 2.56. The first kappa shape index (κ1) is 12.0. The molecule has 0 aliphatic rings. The number of halogens is 2. The summed E-state index contributed by atoms with van der Waals surface area (Å²) in [5, 5.41) is 0.792. The monoisotopic (exact) mass is 317 g/mol. The molecule has 0 fully saturated rings. The molecule has 0 amide bonds. The van der Waals surface area contributed by atoms with Crippen molar-refractivity contribution in [2.24, 2.45) is 0 Å². The molecule has 2 heterocycles. The smallest absolute Gasteiger partial charge is 0.133 e. The number of anilines is 1. The highest BCUT2D eigenvalue weighted by Crippen LogP contribution is 2.34. The molecule has 0 saturated heterocycles. The second-order valence-electron chi connectivity index (χ2n) is 4.07. The lowest BCUT2D eigenvalue weighted by molar-refractivity contribution is 0.628. The fourth-order valence-electron chi connectivity index (χ4n) is 1.93. The number of benzene rings is 1. The van der Waals surface area contributed by atoms with Crippen LogP contribution in [0.25, 0.3) is 22.2 Å². The predicted molar refractivity (Wildman–Crippen MR) is 77.0 cm³/mol. The minimum absolute atomic E-state index is 0.285. The number of nitrogen functional groups attached to an aromatic ring is 1. The first-order chi connectivity index (χ1) is 9.16. The van der Waals surface area contributed by atoms with Crippen molar-refractivity contribution in [3.05, 3.63) is 52.9 Å². The molecule has 2 N–H and O–H groups in total. The molecule has 0 atom stereocenters. The average Bonchev–Trinajstić information content (AvgIpc) is 2.44. The molecule has 0 bridgehead atoms. The van der Waals surface area contributed by atoms with Gasteiger partial charge in [0.1, 0.15) is 11.6 Å². The number of aromatic nitrogens is 2. The lowest BCUT2D eigenvalue weighted by Gasteiger charge is -2.09. The van der Waals surface area contributed by atoms with Crippen molar-refractivity contribution >= 4 is 32.7 Å². The van der Waals surface area contributed by atoms with Crippen LogP contribution in [0.3, 0.4) is 0 Å². The van der Waals surface area contributed by atoms with Gasteiger partial charge in [-0.2, -0.15) is 0 Å². The molecule has 1 aromatic carbocycles. The van der Waals surface area contributed by atoms with Gasteiger partial charge in [-0.1, -0.05) is 0 Å². The summed E-state index contributed by atoms with van der Waals surface area (Å²) in [7, 11) is 0. The SMILES string of the molecule is Nc1nc(-c2ccc(F)cc2)c(Br)c2ncccc12. The van der Waals surface area contributed by atoms with E-state index in [0.717, 1.165) is 20.9 Å². The molecule has 94 valence electrons. The zero-order valence-electron chi connectivity index (χ0n) is 9.77. The third-order valence-corrected chi connectivity index (χ3v) is 3.60. The van der Waals surface area contributed by atoms with E-state index in [1.54, 1.807) is 18.3 Å². The minimum atomic E-state index is -0.285. The summed E-state index contributed by atoms with van der Waals surface area (Å²) in [6.07, 6.45) is 1.70. The van der Waals surface area contributed by atoms with Gasteiger partial charge in [-0.15, -0.1) is 0 Å². The van der Waals surface area contributed by atoms with Crippen LogP contribution >= 0.6 is 15.9 Å². The molecule has 5 heteroatoms. The number of fused-ring (bicyclic) bond motifs is 1. The van der Waals surface area contributed by atoms with Crippen molar-refractivity contribution in [3.8, 4) is 11.3 Å². The number of hydrogen-bond donors (Lipinski definition) is 1. The molecule has 0 aliphatic heterocycles. The van der Waals surface area contributed by atoms with E-state index >= 15 is 0 Å². The summed E-state index contributed by atoms with van der Waals surface area (Å²) in [5.41, 5.74) is 8.13. The first-order valence-corrected chi connectivity index (χ1v) is 6.42. The normalized spacial score (nSPS) is 10.8. The zero-order valence-corrected chi connectivity index (χ0v) is 11.4. The Morgan fingerprint density at radius 1 is 1.11 bits per heavy atom. The van der Waals surface area contributed by atoms with E-state index in [-0.39, 0.29) is 5.82 Å². The van der Waals surface area contributed by atoms with Crippen molar-refractivity contribution in [1.82, 2.24) is 9.97 Å². The van der Waals surface area contributed by atoms with Crippen molar-refractivity contribution in [2.75, 3.05) is 5.73 Å². The third kappa shape index (κ3) is 2.06. The highest BCUT2D eigenvalue weighted by Gasteiger charge is 2.12. The maximum Gasteiger partial charge on any atom is 0.133 e. The molecule has 0 unspecified atom stereocenters. The summed E-state index contributed by atoms with van der Waals surface area (Å²) >= 11 is 3.50. The predicted octanol–water partition coefficient (Wildman–Crippen LogP) is 3.78. The van der Waals surface area contributed by atoms with Crippen LogP contribution in [0, 0.1) is 5.82 Å². The molecule has 3 rings (SSSR count). The summed E-state index contributed by atoms with van der Waals surface area (Å²) in [6, 6.07) is 9.78. The van der Waals surface area contributed by atoms with Crippen LogP contribution in [-0.2, 0) is 0 Å². The fraction of sp³-hybridized carbons (Fsp3) is 0. The Bertz CT molecular complexity index is 756. The minimum Gasteiger partial charge on any atom is -0.383 e. The summed E-state index contributed by atoms with van der Waals surface area (Å²) in [6.45, 7) is 0. The van der Waals surface area contributed by atoms with Gasteiger partial charge >= 0.3 is 0 Å². The lowest BCUT2D eigenvalue weighted by atomic mass is 10.1. The van der Waals surface area contributed by atoms with E-state index < -0.39 is 0 Å². The molecule has 3 nitrogen and oxygen atoms in total. The quantitative estimate of drug-likeness (QED) is 0.743. The highest BCUT2D eigenvalue weighted by molar-refractivity contribution is 9.10. The Balaban J connectivity index is 2.30. The Morgan fingerprint density at radius 2 is 1.84 bits per heavy atom. The lowest BCUT2D eigenvalue weighted by Crippen LogP contribution is -1.97. The van der Waals surface area contributed by atoms with Crippen LogP contribution < -0.4 is 5.73 Å². The number of pyridine rings is 2. The van der Waals surface area contributed by atoms with Crippen LogP contribution in [-0.4, -0.2) is 9.97 Å². The number of nitrogens with two attached hydrogens (primary N) is 1. The number of rotatable bonds is 1. The van der Waals surface area contributed by atoms with Gasteiger partial charge in [-0.05, 0) is 52.3 Å². The molecule has 0 aliphatic carbocycles. The standard InChI is InChI=1S/C14H9BrFN3/c15-11-12(8-3-5-9(16)6-4-8)19-14(17)10-2-1-7-18-13(10)11/h1-7H,(H2,17,19). The molecule has 19 heavy (non-hydrogen) atoms. The van der Waals surface area contributed by atoms with E-state index in [1.165, 1.54) is 12.1 Å². The van der Waals surface area contributed by atoms with Crippen LogP contribution in [0.5, 0.6) is 0 Å². The maximum atomic E-state index is 13.0. The Kier molecular flexibility index (Phi) is 2.91. The molecule has 3 aromatic rings. The molecule has 0 saturated carbocycles. The van der Waals surface area contributed by atoms with Crippen molar-refractivity contribution in [1.29, 1.82) is 0 Å².